The number of fused-ring (bicyclic) bond motifs is 1. The molecule has 3 atom stereocenters. The van der Waals surface area contributed by atoms with E-state index in [0.717, 1.165) is 55.2 Å². The van der Waals surface area contributed by atoms with E-state index in [2.05, 4.69) is 36.1 Å². The Labute approximate surface area is 306 Å². The number of H-pyrrole nitrogens is 1. The monoisotopic (exact) mass is 728 g/mol. The van der Waals surface area contributed by atoms with Crippen LogP contribution in [0.1, 0.15) is 69.8 Å². The van der Waals surface area contributed by atoms with Gasteiger partial charge in [0.05, 0.1) is 24.9 Å². The highest BCUT2D eigenvalue weighted by Crippen LogP contribution is 2.18. The summed E-state index contributed by atoms with van der Waals surface area (Å²) in [5.41, 5.74) is 29.6. The van der Waals surface area contributed by atoms with Crippen LogP contribution in [-0.4, -0.2) is 110 Å². The lowest BCUT2D eigenvalue weighted by Crippen LogP contribution is -2.49. The van der Waals surface area contributed by atoms with Gasteiger partial charge in [0.1, 0.15) is 6.04 Å². The Hall–Kier alpha value is -4.74. The largest absolute Gasteiger partial charge is 0.370 e. The van der Waals surface area contributed by atoms with Crippen LogP contribution in [0.5, 0.6) is 0 Å². The number of aromatic nitrogens is 1. The minimum Gasteiger partial charge on any atom is -0.370 e. The van der Waals surface area contributed by atoms with Crippen molar-refractivity contribution in [3.05, 3.63) is 36.0 Å². The summed E-state index contributed by atoms with van der Waals surface area (Å²) >= 11 is 0. The Morgan fingerprint density at radius 1 is 0.769 bits per heavy atom. The van der Waals surface area contributed by atoms with Crippen LogP contribution >= 0.6 is 0 Å². The summed E-state index contributed by atoms with van der Waals surface area (Å²) < 4.78 is 0. The molecule has 290 valence electrons. The lowest BCUT2D eigenvalue weighted by Gasteiger charge is -2.18. The molecular formula is C35H60N12O5. The Morgan fingerprint density at radius 2 is 1.37 bits per heavy atom. The van der Waals surface area contributed by atoms with Crippen molar-refractivity contribution < 1.29 is 24.0 Å². The summed E-state index contributed by atoms with van der Waals surface area (Å²) in [4.78, 5) is 70.7. The van der Waals surface area contributed by atoms with Crippen molar-refractivity contribution in [2.45, 2.75) is 88.8 Å². The molecule has 5 amide bonds. The first-order valence-corrected chi connectivity index (χ1v) is 18.1. The second kappa shape index (κ2) is 24.4. The molecule has 0 aliphatic heterocycles. The van der Waals surface area contributed by atoms with Gasteiger partial charge in [-0.2, -0.15) is 0 Å². The lowest BCUT2D eigenvalue weighted by atomic mass is 10.1. The molecule has 17 heteroatoms. The molecule has 0 spiro atoms. The van der Waals surface area contributed by atoms with Gasteiger partial charge in [0.2, 0.25) is 29.5 Å². The molecule has 0 aliphatic carbocycles. The summed E-state index contributed by atoms with van der Waals surface area (Å²) in [5, 5.41) is 12.0. The minimum atomic E-state index is -1.07. The van der Waals surface area contributed by atoms with Gasteiger partial charge in [-0.1, -0.05) is 24.6 Å². The van der Waals surface area contributed by atoms with Gasteiger partial charge in [-0.05, 0) is 83.1 Å². The number of rotatable bonds is 27. The zero-order valence-electron chi connectivity index (χ0n) is 30.5. The van der Waals surface area contributed by atoms with E-state index in [1.807, 2.05) is 31.3 Å². The number of aliphatic imine (C=N–C) groups is 1. The number of para-hydroxylation sites is 1. The average Bonchev–Trinajstić information content (AvgIpc) is 3.51. The lowest BCUT2D eigenvalue weighted by molar-refractivity contribution is -0.131. The van der Waals surface area contributed by atoms with Crippen LogP contribution in [0.4, 0.5) is 0 Å². The van der Waals surface area contributed by atoms with Gasteiger partial charge in [-0.25, -0.2) is 0 Å². The molecule has 52 heavy (non-hydrogen) atoms. The molecule has 15 N–H and O–H groups in total. The third-order valence-corrected chi connectivity index (χ3v) is 8.50. The van der Waals surface area contributed by atoms with Gasteiger partial charge in [0, 0.05) is 43.3 Å². The number of amides is 5. The third kappa shape index (κ3) is 18.0. The van der Waals surface area contributed by atoms with Crippen LogP contribution in [0.2, 0.25) is 0 Å². The maximum Gasteiger partial charge on any atom is 0.243 e. The predicted molar refractivity (Wildman–Crippen MR) is 202 cm³/mol. The van der Waals surface area contributed by atoms with E-state index in [0.29, 0.717) is 58.3 Å². The van der Waals surface area contributed by atoms with Crippen LogP contribution in [0.3, 0.4) is 0 Å². The molecule has 0 saturated carbocycles. The highest BCUT2D eigenvalue weighted by molar-refractivity contribution is 5.94. The van der Waals surface area contributed by atoms with Crippen molar-refractivity contribution >= 4 is 46.4 Å². The number of carbonyl (C=O) groups is 5. The Bertz CT molecular complexity index is 1440. The van der Waals surface area contributed by atoms with E-state index < -0.39 is 35.8 Å². The molecule has 1 aromatic heterocycles. The van der Waals surface area contributed by atoms with Gasteiger partial charge >= 0.3 is 0 Å². The predicted octanol–water partition coefficient (Wildman–Crippen LogP) is -1.21. The van der Waals surface area contributed by atoms with Crippen molar-refractivity contribution in [3.63, 3.8) is 0 Å². The molecule has 0 aliphatic rings. The maximum absolute atomic E-state index is 12.7. The summed E-state index contributed by atoms with van der Waals surface area (Å²) in [7, 11) is 2.01. The zero-order chi connectivity index (χ0) is 38.3. The number of carbonyl (C=O) groups excluding carboxylic acids is 5. The molecule has 0 saturated heterocycles. The number of hydrogen-bond donors (Lipinski definition) is 10. The second-order valence-corrected chi connectivity index (χ2v) is 13.1. The van der Waals surface area contributed by atoms with Crippen molar-refractivity contribution in [2.24, 2.45) is 33.7 Å². The van der Waals surface area contributed by atoms with Gasteiger partial charge in [-0.15, -0.1) is 0 Å². The summed E-state index contributed by atoms with van der Waals surface area (Å²) in [6, 6.07) is 5.34. The van der Waals surface area contributed by atoms with E-state index in [1.165, 1.54) is 0 Å². The molecular weight excluding hydrogens is 668 g/mol. The number of benzene rings is 1. The highest BCUT2D eigenvalue weighted by Gasteiger charge is 2.23. The van der Waals surface area contributed by atoms with E-state index in [4.69, 9.17) is 28.7 Å². The fourth-order valence-corrected chi connectivity index (χ4v) is 5.54. The quantitative estimate of drug-likeness (QED) is 0.0297. The Morgan fingerprint density at radius 3 is 2.02 bits per heavy atom. The number of nitrogens with one attached hydrogen (secondary N) is 5. The van der Waals surface area contributed by atoms with Crippen molar-refractivity contribution in [2.75, 3.05) is 46.3 Å². The Kier molecular flexibility index (Phi) is 20.4. The molecule has 2 aromatic rings. The highest BCUT2D eigenvalue weighted by atomic mass is 16.2. The first-order chi connectivity index (χ1) is 24.9. The van der Waals surface area contributed by atoms with Crippen molar-refractivity contribution in [3.8, 4) is 0 Å². The number of unbranched alkanes of at least 4 members (excludes halogenated alkanes) is 3. The fraction of sp³-hybridized carbons (Fsp3) is 0.600. The standard InChI is InChI=1S/C35H60N12O5/c1-47(20-10-18-42-33(51)27(37)13-9-17-44-35(39)40)19-8-5-12-26(36)32(50)41-15-6-2-7-16-43-34(52)29(22-30(38)48)46-31(49)21-24-23-45-28-14-4-3-11-25(24)28/h3-4,11,14,23,26-27,29,45H,2,5-10,12-13,15-22,36-37H2,1H3,(H2,38,48)(H,41,50)(H,42,51)(H,43,52)(H,46,49)(H4,39,40,44)/t26-,27-,29-/m0/s1. The number of hydrogen-bond acceptors (Lipinski definition) is 9. The first-order valence-electron chi connectivity index (χ1n) is 18.1. The normalized spacial score (nSPS) is 12.8. The van der Waals surface area contributed by atoms with Crippen LogP contribution in [0.25, 0.3) is 10.9 Å². The topological polar surface area (TPSA) is 295 Å². The molecule has 0 bridgehead atoms. The molecule has 1 aromatic carbocycles. The van der Waals surface area contributed by atoms with Gasteiger partial charge in [0.25, 0.3) is 0 Å². The Balaban J connectivity index is 1.51. The number of aromatic amines is 1. The second-order valence-electron chi connectivity index (χ2n) is 13.1. The average molecular weight is 729 g/mol. The summed E-state index contributed by atoms with van der Waals surface area (Å²) in [5.74, 6) is -1.91. The van der Waals surface area contributed by atoms with Crippen molar-refractivity contribution in [1.29, 1.82) is 0 Å². The third-order valence-electron chi connectivity index (χ3n) is 8.50. The SMILES string of the molecule is CN(CCCC[C@H](N)C(=O)NCCCCCNC(=O)[C@H](CC(N)=O)NC(=O)Cc1c[nH]c2ccccc12)CCCNC(=O)[C@@H](N)CCCN=C(N)N. The zero-order valence-corrected chi connectivity index (χ0v) is 30.5. The van der Waals surface area contributed by atoms with Gasteiger partial charge in [-0.3, -0.25) is 29.0 Å². The molecule has 17 nitrogen and oxygen atoms in total. The van der Waals surface area contributed by atoms with E-state index in [1.54, 1.807) is 6.20 Å². The van der Waals surface area contributed by atoms with Crippen LogP contribution in [0, 0.1) is 0 Å². The molecule has 0 unspecified atom stereocenters. The summed E-state index contributed by atoms with van der Waals surface area (Å²) in [6.45, 7) is 3.46. The molecule has 0 fully saturated rings. The number of primary amides is 1. The van der Waals surface area contributed by atoms with Gasteiger partial charge < -0.3 is 59.8 Å². The maximum atomic E-state index is 12.7. The van der Waals surface area contributed by atoms with E-state index in [9.17, 15) is 24.0 Å². The van der Waals surface area contributed by atoms with Crippen LogP contribution in [-0.2, 0) is 30.4 Å². The van der Waals surface area contributed by atoms with Crippen LogP contribution < -0.4 is 49.9 Å². The molecule has 1 heterocycles. The van der Waals surface area contributed by atoms with E-state index in [-0.39, 0.29) is 30.6 Å². The number of guanidine groups is 1. The molecule has 2 rings (SSSR count). The fourth-order valence-electron chi connectivity index (χ4n) is 5.54. The summed E-state index contributed by atoms with van der Waals surface area (Å²) in [6.07, 6.45) is 7.79. The van der Waals surface area contributed by atoms with Crippen molar-refractivity contribution in [1.82, 2.24) is 31.2 Å². The minimum absolute atomic E-state index is 0.0247. The number of nitrogens with zero attached hydrogens (tertiary/aromatic N) is 2. The number of nitrogens with two attached hydrogens (primary N) is 5. The van der Waals surface area contributed by atoms with E-state index >= 15 is 0 Å². The smallest absolute Gasteiger partial charge is 0.243 e. The van der Waals surface area contributed by atoms with Crippen LogP contribution in [0.15, 0.2) is 35.5 Å². The first kappa shape index (κ1) is 43.4. The molecule has 0 radical (unpaired) electrons. The van der Waals surface area contributed by atoms with Gasteiger partial charge in [0.15, 0.2) is 5.96 Å².